The first-order valence-electron chi connectivity index (χ1n) is 10.00. The molecular weight excluding hydrogens is 386 g/mol. The Labute approximate surface area is 175 Å². The average Bonchev–Trinajstić information content (AvgIpc) is 3.47. The molecule has 0 bridgehead atoms. The molecule has 2 aromatic rings. The topological polar surface area (TPSA) is 83.1 Å². The predicted octanol–water partition coefficient (Wildman–Crippen LogP) is 3.34. The van der Waals surface area contributed by atoms with E-state index in [9.17, 15) is 9.59 Å². The minimum Gasteiger partial charge on any atom is -0.493 e. The molecule has 0 saturated heterocycles. The average molecular weight is 411 g/mol. The number of carbonyl (C=O) groups is 2. The number of esters is 1. The summed E-state index contributed by atoms with van der Waals surface area (Å²) in [4.78, 5) is 24.5. The van der Waals surface area contributed by atoms with Crippen LogP contribution in [0.25, 0.3) is 11.1 Å². The van der Waals surface area contributed by atoms with Crippen LogP contribution in [-0.4, -0.2) is 39.3 Å². The Kier molecular flexibility index (Phi) is 5.28. The summed E-state index contributed by atoms with van der Waals surface area (Å²) < 4.78 is 22.5. The van der Waals surface area contributed by atoms with Gasteiger partial charge in [0, 0.05) is 17.7 Å². The maximum Gasteiger partial charge on any atom is 0.315 e. The first kappa shape index (κ1) is 20.1. The fraction of sp³-hybridized carbons (Fsp3) is 0.391. The Morgan fingerprint density at radius 3 is 2.47 bits per heavy atom. The quantitative estimate of drug-likeness (QED) is 0.671. The summed E-state index contributed by atoms with van der Waals surface area (Å²) in [6.07, 6.45) is 1.46. The standard InChI is InChI=1S/C23H25NO6/c1-4-29-22(26)23(10-11-23)13-30-19-15(8-9-18(27-2)20(19)28-3)14-6-5-7-16-17(14)12-24-21(16)25/h5-9H,4,10-13H2,1-3H3,(H,24,25). The van der Waals surface area contributed by atoms with Gasteiger partial charge in [0.1, 0.15) is 12.0 Å². The summed E-state index contributed by atoms with van der Waals surface area (Å²) in [6.45, 7) is 2.77. The third-order valence-corrected chi connectivity index (χ3v) is 5.69. The van der Waals surface area contributed by atoms with Crippen molar-refractivity contribution in [3.05, 3.63) is 41.5 Å². The van der Waals surface area contributed by atoms with Crippen molar-refractivity contribution >= 4 is 11.9 Å². The van der Waals surface area contributed by atoms with Crippen LogP contribution >= 0.6 is 0 Å². The molecule has 1 saturated carbocycles. The zero-order chi connectivity index (χ0) is 21.3. The Bertz CT molecular complexity index is 995. The molecule has 158 valence electrons. The van der Waals surface area contributed by atoms with E-state index >= 15 is 0 Å². The van der Waals surface area contributed by atoms with Gasteiger partial charge < -0.3 is 24.3 Å². The second-order valence-electron chi connectivity index (χ2n) is 7.48. The van der Waals surface area contributed by atoms with E-state index < -0.39 is 5.41 Å². The van der Waals surface area contributed by atoms with E-state index in [2.05, 4.69) is 5.32 Å². The molecule has 0 spiro atoms. The van der Waals surface area contributed by atoms with Crippen LogP contribution in [0.5, 0.6) is 17.2 Å². The van der Waals surface area contributed by atoms with Gasteiger partial charge in [-0.05, 0) is 49.1 Å². The van der Waals surface area contributed by atoms with Gasteiger partial charge in [-0.1, -0.05) is 12.1 Å². The van der Waals surface area contributed by atoms with E-state index in [0.717, 1.165) is 29.5 Å². The third-order valence-electron chi connectivity index (χ3n) is 5.69. The molecule has 0 unspecified atom stereocenters. The monoisotopic (exact) mass is 411 g/mol. The maximum atomic E-state index is 12.4. The van der Waals surface area contributed by atoms with Crippen molar-refractivity contribution in [2.75, 3.05) is 27.4 Å². The number of hydrogen-bond acceptors (Lipinski definition) is 6. The molecule has 1 aliphatic heterocycles. The zero-order valence-electron chi connectivity index (χ0n) is 17.4. The van der Waals surface area contributed by atoms with E-state index in [0.29, 0.717) is 36.0 Å². The molecule has 1 aliphatic carbocycles. The first-order chi connectivity index (χ1) is 14.5. The lowest BCUT2D eigenvalue weighted by atomic mass is 9.95. The highest BCUT2D eigenvalue weighted by Crippen LogP contribution is 2.50. The first-order valence-corrected chi connectivity index (χ1v) is 10.00. The number of fused-ring (bicyclic) bond motifs is 1. The van der Waals surface area contributed by atoms with Crippen LogP contribution in [0.2, 0.25) is 0 Å². The van der Waals surface area contributed by atoms with Gasteiger partial charge >= 0.3 is 5.97 Å². The SMILES string of the molecule is CCOC(=O)C1(COc2c(-c3cccc4c3CNC4=O)ccc(OC)c2OC)CC1. The van der Waals surface area contributed by atoms with Gasteiger partial charge in [0.15, 0.2) is 11.5 Å². The third kappa shape index (κ3) is 3.34. The van der Waals surface area contributed by atoms with Crippen molar-refractivity contribution < 1.29 is 28.5 Å². The molecule has 0 radical (unpaired) electrons. The Morgan fingerprint density at radius 2 is 1.80 bits per heavy atom. The number of amides is 1. The Balaban J connectivity index is 1.76. The highest BCUT2D eigenvalue weighted by molar-refractivity contribution is 6.01. The number of hydrogen-bond donors (Lipinski definition) is 1. The van der Waals surface area contributed by atoms with Crippen LogP contribution in [0.3, 0.4) is 0 Å². The number of benzene rings is 2. The summed E-state index contributed by atoms with van der Waals surface area (Å²) in [5.41, 5.74) is 2.60. The number of methoxy groups -OCH3 is 2. The van der Waals surface area contributed by atoms with Gasteiger partial charge in [-0.2, -0.15) is 0 Å². The molecule has 7 heteroatoms. The van der Waals surface area contributed by atoms with E-state index in [1.54, 1.807) is 21.1 Å². The molecule has 1 fully saturated rings. The Morgan fingerprint density at radius 1 is 1.03 bits per heavy atom. The van der Waals surface area contributed by atoms with Crippen molar-refractivity contribution in [1.29, 1.82) is 0 Å². The number of nitrogens with one attached hydrogen (secondary N) is 1. The van der Waals surface area contributed by atoms with Gasteiger partial charge in [0.25, 0.3) is 5.91 Å². The highest BCUT2D eigenvalue weighted by atomic mass is 16.5. The van der Waals surface area contributed by atoms with Gasteiger partial charge in [-0.25, -0.2) is 0 Å². The Hall–Kier alpha value is -3.22. The lowest BCUT2D eigenvalue weighted by molar-refractivity contribution is -0.150. The van der Waals surface area contributed by atoms with E-state index in [1.807, 2.05) is 30.3 Å². The van der Waals surface area contributed by atoms with E-state index in [-0.39, 0.29) is 18.5 Å². The molecule has 1 heterocycles. The number of ether oxygens (including phenoxy) is 4. The number of rotatable bonds is 8. The minimum atomic E-state index is -0.614. The zero-order valence-corrected chi connectivity index (χ0v) is 17.4. The molecule has 30 heavy (non-hydrogen) atoms. The van der Waals surface area contributed by atoms with Gasteiger partial charge in [0.05, 0.1) is 20.8 Å². The van der Waals surface area contributed by atoms with E-state index in [1.165, 1.54) is 0 Å². The van der Waals surface area contributed by atoms with Crippen LogP contribution in [-0.2, 0) is 16.1 Å². The van der Waals surface area contributed by atoms with Crippen molar-refractivity contribution in [2.45, 2.75) is 26.3 Å². The minimum absolute atomic E-state index is 0.0889. The normalized spacial score (nSPS) is 15.8. The van der Waals surface area contributed by atoms with Crippen LogP contribution < -0.4 is 19.5 Å². The summed E-state index contributed by atoms with van der Waals surface area (Å²) >= 11 is 0. The van der Waals surface area contributed by atoms with E-state index in [4.69, 9.17) is 18.9 Å². The smallest absolute Gasteiger partial charge is 0.315 e. The summed E-state index contributed by atoms with van der Waals surface area (Å²) in [7, 11) is 3.11. The molecule has 0 atom stereocenters. The van der Waals surface area contributed by atoms with Crippen molar-refractivity contribution in [2.24, 2.45) is 5.41 Å². The molecule has 1 N–H and O–H groups in total. The van der Waals surface area contributed by atoms with Crippen molar-refractivity contribution in [1.82, 2.24) is 5.32 Å². The van der Waals surface area contributed by atoms with Crippen LogP contribution in [0.4, 0.5) is 0 Å². The second-order valence-corrected chi connectivity index (χ2v) is 7.48. The fourth-order valence-corrected chi connectivity index (χ4v) is 3.81. The molecule has 4 rings (SSSR count). The van der Waals surface area contributed by atoms with Gasteiger partial charge in [-0.15, -0.1) is 0 Å². The lowest BCUT2D eigenvalue weighted by Crippen LogP contribution is -2.26. The fourth-order valence-electron chi connectivity index (χ4n) is 3.81. The summed E-state index contributed by atoms with van der Waals surface area (Å²) in [6, 6.07) is 9.30. The van der Waals surface area contributed by atoms with Crippen LogP contribution in [0.1, 0.15) is 35.7 Å². The van der Waals surface area contributed by atoms with Crippen molar-refractivity contribution in [3.63, 3.8) is 0 Å². The van der Waals surface area contributed by atoms with Crippen molar-refractivity contribution in [3.8, 4) is 28.4 Å². The molecule has 0 aromatic heterocycles. The maximum absolute atomic E-state index is 12.4. The summed E-state index contributed by atoms with van der Waals surface area (Å²) in [5.74, 6) is 1.14. The van der Waals surface area contributed by atoms with Crippen LogP contribution in [0, 0.1) is 5.41 Å². The molecular formula is C23H25NO6. The predicted molar refractivity (Wildman–Crippen MR) is 110 cm³/mol. The molecule has 1 amide bonds. The molecule has 2 aromatic carbocycles. The molecule has 2 aliphatic rings. The van der Waals surface area contributed by atoms with Gasteiger partial charge in [-0.3, -0.25) is 9.59 Å². The highest BCUT2D eigenvalue weighted by Gasteiger charge is 2.52. The molecule has 7 nitrogen and oxygen atoms in total. The van der Waals surface area contributed by atoms with Gasteiger partial charge in [0.2, 0.25) is 5.75 Å². The lowest BCUT2D eigenvalue weighted by Gasteiger charge is -2.21. The number of carbonyl (C=O) groups excluding carboxylic acids is 2. The largest absolute Gasteiger partial charge is 0.493 e. The second kappa shape index (κ2) is 7.89. The summed E-state index contributed by atoms with van der Waals surface area (Å²) in [5, 5.41) is 2.86. The van der Waals surface area contributed by atoms with Crippen LogP contribution in [0.15, 0.2) is 30.3 Å².